The number of fused-ring (bicyclic) bond motifs is 1. The highest BCUT2D eigenvalue weighted by molar-refractivity contribution is 7.91. The first-order chi connectivity index (χ1) is 8.84. The molecule has 6 heteroatoms. The van der Waals surface area contributed by atoms with E-state index in [0.717, 1.165) is 11.3 Å². The number of nitrogens with two attached hydrogens (primary N) is 1. The van der Waals surface area contributed by atoms with Gasteiger partial charge in [0.2, 0.25) is 0 Å². The van der Waals surface area contributed by atoms with Gasteiger partial charge in [0.05, 0.1) is 10.4 Å². The molecule has 1 atom stereocenters. The van der Waals surface area contributed by atoms with Crippen molar-refractivity contribution in [2.45, 2.75) is 24.7 Å². The van der Waals surface area contributed by atoms with E-state index in [1.807, 2.05) is 6.07 Å². The van der Waals surface area contributed by atoms with Crippen LogP contribution in [0.2, 0.25) is 0 Å². The molecule has 1 aromatic carbocycles. The second-order valence-electron chi connectivity index (χ2n) is 5.13. The van der Waals surface area contributed by atoms with Crippen molar-refractivity contribution in [2.75, 3.05) is 12.8 Å². The fourth-order valence-corrected chi connectivity index (χ4v) is 3.03. The number of H-pyrrole nitrogens is 1. The number of nitrogens with one attached hydrogen (secondary N) is 1. The van der Waals surface area contributed by atoms with Gasteiger partial charge in [-0.05, 0) is 18.1 Å². The number of imidazole rings is 1. The highest BCUT2D eigenvalue weighted by Crippen LogP contribution is 2.26. The van der Waals surface area contributed by atoms with Crippen LogP contribution in [-0.2, 0) is 9.84 Å². The van der Waals surface area contributed by atoms with E-state index < -0.39 is 9.84 Å². The molecule has 0 aliphatic rings. The van der Waals surface area contributed by atoms with E-state index >= 15 is 0 Å². The summed E-state index contributed by atoms with van der Waals surface area (Å²) in [5.41, 5.74) is 7.01. The van der Waals surface area contributed by atoms with Crippen LogP contribution in [0.1, 0.15) is 25.6 Å². The molecule has 0 bridgehead atoms. The van der Waals surface area contributed by atoms with E-state index in [2.05, 4.69) is 23.8 Å². The van der Waals surface area contributed by atoms with E-state index in [-0.39, 0.29) is 10.8 Å². The predicted molar refractivity (Wildman–Crippen MR) is 75.8 cm³/mol. The maximum absolute atomic E-state index is 11.8. The minimum atomic E-state index is -3.28. The van der Waals surface area contributed by atoms with Gasteiger partial charge in [-0.2, -0.15) is 0 Å². The van der Waals surface area contributed by atoms with E-state index in [4.69, 9.17) is 5.73 Å². The zero-order valence-corrected chi connectivity index (χ0v) is 12.2. The van der Waals surface area contributed by atoms with Gasteiger partial charge in [0.15, 0.2) is 9.84 Å². The average molecular weight is 281 g/mol. The quantitative estimate of drug-likeness (QED) is 0.892. The Morgan fingerprint density at radius 2 is 2.05 bits per heavy atom. The van der Waals surface area contributed by atoms with Gasteiger partial charge in [0.25, 0.3) is 0 Å². The van der Waals surface area contributed by atoms with Crippen molar-refractivity contribution >= 4 is 20.9 Å². The van der Waals surface area contributed by atoms with Crippen LogP contribution < -0.4 is 5.73 Å². The highest BCUT2D eigenvalue weighted by atomic mass is 32.2. The molecule has 5 nitrogen and oxygen atoms in total. The number of aromatic amines is 1. The summed E-state index contributed by atoms with van der Waals surface area (Å²) in [6.07, 6.45) is 1.19. The fourth-order valence-electron chi connectivity index (χ4n) is 2.20. The van der Waals surface area contributed by atoms with Gasteiger partial charge in [-0.25, -0.2) is 13.4 Å². The van der Waals surface area contributed by atoms with Crippen molar-refractivity contribution in [1.82, 2.24) is 9.97 Å². The molecule has 0 amide bonds. The number of rotatable bonds is 4. The summed E-state index contributed by atoms with van der Waals surface area (Å²) in [4.78, 5) is 7.90. The molecule has 0 saturated heterocycles. The largest absolute Gasteiger partial charge is 0.342 e. The normalized spacial score (nSPS) is 14.2. The fraction of sp³-hybridized carbons (Fsp3) is 0.462. The van der Waals surface area contributed by atoms with Gasteiger partial charge in [0.1, 0.15) is 11.3 Å². The molecule has 104 valence electrons. The Hall–Kier alpha value is -1.40. The Labute approximate surface area is 113 Å². The Morgan fingerprint density at radius 1 is 1.37 bits per heavy atom. The molecule has 0 aliphatic carbocycles. The van der Waals surface area contributed by atoms with Crippen molar-refractivity contribution in [1.29, 1.82) is 0 Å². The molecular formula is C13H19N3O2S. The van der Waals surface area contributed by atoms with Crippen molar-refractivity contribution in [3.8, 4) is 0 Å². The first-order valence-electron chi connectivity index (χ1n) is 6.23. The van der Waals surface area contributed by atoms with Gasteiger partial charge in [-0.3, -0.25) is 0 Å². The Bertz CT molecular complexity index is 689. The highest BCUT2D eigenvalue weighted by Gasteiger charge is 2.21. The molecule has 0 saturated carbocycles. The molecule has 0 fully saturated rings. The van der Waals surface area contributed by atoms with Crippen LogP contribution in [-0.4, -0.2) is 31.2 Å². The van der Waals surface area contributed by atoms with Crippen LogP contribution in [0.25, 0.3) is 11.0 Å². The molecule has 1 heterocycles. The average Bonchev–Trinajstić information content (AvgIpc) is 2.70. The third kappa shape index (κ3) is 2.64. The first kappa shape index (κ1) is 14.0. The summed E-state index contributed by atoms with van der Waals surface area (Å²) < 4.78 is 23.5. The number of aromatic nitrogens is 2. The number of hydrogen-bond acceptors (Lipinski definition) is 4. The third-order valence-electron chi connectivity index (χ3n) is 3.30. The maximum atomic E-state index is 11.8. The SMILES string of the molecule is CC(C)C(CN)c1nc2c(S(C)(=O)=O)cccc2[nH]1. The van der Waals surface area contributed by atoms with Crippen LogP contribution in [0, 0.1) is 5.92 Å². The minimum Gasteiger partial charge on any atom is -0.342 e. The summed E-state index contributed by atoms with van der Waals surface area (Å²) in [5, 5.41) is 0. The summed E-state index contributed by atoms with van der Waals surface area (Å²) in [6, 6.07) is 5.12. The lowest BCUT2D eigenvalue weighted by Crippen LogP contribution is -2.19. The van der Waals surface area contributed by atoms with Gasteiger partial charge in [0, 0.05) is 18.7 Å². The molecule has 1 unspecified atom stereocenters. The molecule has 0 radical (unpaired) electrons. The molecule has 3 N–H and O–H groups in total. The van der Waals surface area contributed by atoms with Crippen LogP contribution in [0.5, 0.6) is 0 Å². The van der Waals surface area contributed by atoms with Crippen LogP contribution in [0.15, 0.2) is 23.1 Å². The number of nitrogens with zero attached hydrogens (tertiary/aromatic N) is 1. The molecule has 1 aromatic heterocycles. The zero-order chi connectivity index (χ0) is 14.2. The first-order valence-corrected chi connectivity index (χ1v) is 8.12. The lowest BCUT2D eigenvalue weighted by molar-refractivity contribution is 0.488. The molecule has 19 heavy (non-hydrogen) atoms. The Morgan fingerprint density at radius 3 is 2.58 bits per heavy atom. The minimum absolute atomic E-state index is 0.0970. The van der Waals surface area contributed by atoms with E-state index in [1.165, 1.54) is 6.26 Å². The second-order valence-corrected chi connectivity index (χ2v) is 7.12. The molecule has 2 rings (SSSR count). The predicted octanol–water partition coefficient (Wildman–Crippen LogP) is 1.66. The van der Waals surface area contributed by atoms with Crippen molar-refractivity contribution in [3.63, 3.8) is 0 Å². The van der Waals surface area contributed by atoms with E-state index in [9.17, 15) is 8.42 Å². The van der Waals surface area contributed by atoms with Gasteiger partial charge in [-0.15, -0.1) is 0 Å². The monoisotopic (exact) mass is 281 g/mol. The standard InChI is InChI=1S/C13H19N3O2S/c1-8(2)9(7-14)13-15-10-5-4-6-11(12(10)16-13)19(3,17)18/h4-6,8-9H,7,14H2,1-3H3,(H,15,16). The number of para-hydroxylation sites is 1. The summed E-state index contributed by atoms with van der Waals surface area (Å²) >= 11 is 0. The van der Waals surface area contributed by atoms with E-state index in [1.54, 1.807) is 12.1 Å². The van der Waals surface area contributed by atoms with Crippen LogP contribution in [0.4, 0.5) is 0 Å². The zero-order valence-electron chi connectivity index (χ0n) is 11.3. The van der Waals surface area contributed by atoms with Crippen molar-refractivity contribution in [3.05, 3.63) is 24.0 Å². The summed E-state index contributed by atoms with van der Waals surface area (Å²) in [6.45, 7) is 4.62. The second kappa shape index (κ2) is 4.94. The summed E-state index contributed by atoms with van der Waals surface area (Å²) in [7, 11) is -3.28. The van der Waals surface area contributed by atoms with Crippen molar-refractivity contribution < 1.29 is 8.42 Å². The molecule has 0 aliphatic heterocycles. The topological polar surface area (TPSA) is 88.8 Å². The maximum Gasteiger partial charge on any atom is 0.177 e. The number of sulfone groups is 1. The number of benzene rings is 1. The van der Waals surface area contributed by atoms with Crippen molar-refractivity contribution in [2.24, 2.45) is 11.7 Å². The Kier molecular flexibility index (Phi) is 3.64. The molecular weight excluding hydrogens is 262 g/mol. The Balaban J connectivity index is 2.64. The lowest BCUT2D eigenvalue weighted by atomic mass is 9.95. The molecule has 2 aromatic rings. The van der Waals surface area contributed by atoms with Gasteiger partial charge in [-0.1, -0.05) is 19.9 Å². The van der Waals surface area contributed by atoms with Crippen LogP contribution >= 0.6 is 0 Å². The number of hydrogen-bond donors (Lipinski definition) is 2. The lowest BCUT2D eigenvalue weighted by Gasteiger charge is -2.15. The summed E-state index contributed by atoms with van der Waals surface area (Å²) in [5.74, 6) is 1.19. The molecule has 0 spiro atoms. The smallest absolute Gasteiger partial charge is 0.177 e. The van der Waals surface area contributed by atoms with Gasteiger partial charge < -0.3 is 10.7 Å². The third-order valence-corrected chi connectivity index (χ3v) is 4.43. The van der Waals surface area contributed by atoms with Gasteiger partial charge >= 0.3 is 0 Å². The van der Waals surface area contributed by atoms with E-state index in [0.29, 0.717) is 18.0 Å². The van der Waals surface area contributed by atoms with Crippen LogP contribution in [0.3, 0.4) is 0 Å².